The Kier molecular flexibility index (Phi) is 4.94. The average Bonchev–Trinajstić information content (AvgIpc) is 3.48. The first-order valence-electron chi connectivity index (χ1n) is 7.90. The maximum atomic E-state index is 13.4. The number of halogens is 3. The predicted molar refractivity (Wildman–Crippen MR) is 85.3 cm³/mol. The molecule has 0 aliphatic heterocycles. The highest BCUT2D eigenvalue weighted by molar-refractivity contribution is 5.89. The smallest absolute Gasteiger partial charge is 0.270 e. The van der Waals surface area contributed by atoms with Gasteiger partial charge in [-0.15, -0.1) is 0 Å². The summed E-state index contributed by atoms with van der Waals surface area (Å²) in [5, 5.41) is 11.4. The highest BCUT2D eigenvalue weighted by Gasteiger charge is 2.33. The number of carbonyl (C=O) groups is 2. The van der Waals surface area contributed by atoms with Crippen molar-refractivity contribution in [1.82, 2.24) is 10.8 Å². The van der Waals surface area contributed by atoms with Crippen LogP contribution in [0.1, 0.15) is 24.4 Å². The summed E-state index contributed by atoms with van der Waals surface area (Å²) < 4.78 is 39.8. The van der Waals surface area contributed by atoms with Gasteiger partial charge < -0.3 is 5.32 Å². The van der Waals surface area contributed by atoms with E-state index in [0.717, 1.165) is 25.0 Å². The van der Waals surface area contributed by atoms with E-state index in [9.17, 15) is 22.8 Å². The summed E-state index contributed by atoms with van der Waals surface area (Å²) in [5.74, 6) is -5.39. The molecule has 0 radical (unpaired) electrons. The third-order valence-electron chi connectivity index (χ3n) is 4.17. The maximum Gasteiger partial charge on any atom is 0.270 e. The SMILES string of the molecule is O=C(NC(C(=O)NO)c1ccc(-c2cc(F)c(F)c(F)c2)cc1)C1CC1. The molecule has 2 aromatic carbocycles. The zero-order valence-corrected chi connectivity index (χ0v) is 13.4. The van der Waals surface area contributed by atoms with Crippen LogP contribution in [0.2, 0.25) is 0 Å². The Morgan fingerprint density at radius 3 is 2.08 bits per heavy atom. The molecule has 1 saturated carbocycles. The van der Waals surface area contributed by atoms with Crippen LogP contribution in [0.4, 0.5) is 13.2 Å². The van der Waals surface area contributed by atoms with E-state index >= 15 is 0 Å². The number of carbonyl (C=O) groups excluding carboxylic acids is 2. The number of benzene rings is 2. The molecule has 1 unspecified atom stereocenters. The van der Waals surface area contributed by atoms with Gasteiger partial charge >= 0.3 is 0 Å². The minimum absolute atomic E-state index is 0.123. The monoisotopic (exact) mass is 364 g/mol. The number of hydroxylamine groups is 1. The van der Waals surface area contributed by atoms with Crippen molar-refractivity contribution in [1.29, 1.82) is 0 Å². The van der Waals surface area contributed by atoms with Gasteiger partial charge in [-0.1, -0.05) is 24.3 Å². The van der Waals surface area contributed by atoms with Gasteiger partial charge in [0.2, 0.25) is 5.91 Å². The lowest BCUT2D eigenvalue weighted by Gasteiger charge is -2.17. The molecule has 0 aromatic heterocycles. The topological polar surface area (TPSA) is 78.4 Å². The molecule has 0 spiro atoms. The van der Waals surface area contributed by atoms with Crippen molar-refractivity contribution in [2.45, 2.75) is 18.9 Å². The molecule has 2 amide bonds. The van der Waals surface area contributed by atoms with Crippen molar-refractivity contribution in [3.05, 3.63) is 59.4 Å². The number of amides is 2. The quantitative estimate of drug-likeness (QED) is 0.434. The minimum Gasteiger partial charge on any atom is -0.340 e. The summed E-state index contributed by atoms with van der Waals surface area (Å²) in [5.41, 5.74) is 2.39. The summed E-state index contributed by atoms with van der Waals surface area (Å²) in [6.45, 7) is 0. The average molecular weight is 364 g/mol. The van der Waals surface area contributed by atoms with E-state index in [4.69, 9.17) is 5.21 Å². The number of hydrogen-bond acceptors (Lipinski definition) is 3. The van der Waals surface area contributed by atoms with Crippen molar-refractivity contribution < 1.29 is 28.0 Å². The molecule has 0 bridgehead atoms. The van der Waals surface area contributed by atoms with Gasteiger partial charge in [-0.25, -0.2) is 18.7 Å². The molecule has 1 aliphatic rings. The number of hydrogen-bond donors (Lipinski definition) is 3. The molecule has 1 aliphatic carbocycles. The van der Waals surface area contributed by atoms with Crippen molar-refractivity contribution in [2.24, 2.45) is 5.92 Å². The van der Waals surface area contributed by atoms with Crippen molar-refractivity contribution in [3.8, 4) is 11.1 Å². The lowest BCUT2D eigenvalue weighted by Crippen LogP contribution is -2.39. The molecule has 136 valence electrons. The maximum absolute atomic E-state index is 13.4. The summed E-state index contributed by atoms with van der Waals surface area (Å²) in [7, 11) is 0. The molecule has 1 fully saturated rings. The molecule has 8 heteroatoms. The minimum atomic E-state index is -1.55. The van der Waals surface area contributed by atoms with Crippen LogP contribution >= 0.6 is 0 Å². The van der Waals surface area contributed by atoms with E-state index in [1.807, 2.05) is 0 Å². The summed E-state index contributed by atoms with van der Waals surface area (Å²) in [6, 6.07) is 6.51. The molecular weight excluding hydrogens is 349 g/mol. The van der Waals surface area contributed by atoms with Crippen LogP contribution in [0.5, 0.6) is 0 Å². The third kappa shape index (κ3) is 3.70. The highest BCUT2D eigenvalue weighted by Crippen LogP contribution is 2.30. The molecular formula is C18H15F3N2O3. The highest BCUT2D eigenvalue weighted by atomic mass is 19.2. The standard InChI is InChI=1S/C18H15F3N2O3/c19-13-7-12(8-14(20)15(13)21)9-1-3-10(4-2-9)16(18(25)23-26)22-17(24)11-5-6-11/h1-4,7-8,11,16,26H,5-6H2,(H,22,24)(H,23,25). The van der Waals surface area contributed by atoms with Gasteiger partial charge in [-0.2, -0.15) is 0 Å². The van der Waals surface area contributed by atoms with Crippen molar-refractivity contribution >= 4 is 11.8 Å². The van der Waals surface area contributed by atoms with Gasteiger partial charge in [0.15, 0.2) is 17.5 Å². The Morgan fingerprint density at radius 2 is 1.58 bits per heavy atom. The molecule has 2 aromatic rings. The fraction of sp³-hybridized carbons (Fsp3) is 0.222. The van der Waals surface area contributed by atoms with E-state index in [0.29, 0.717) is 11.1 Å². The first-order valence-corrected chi connectivity index (χ1v) is 7.90. The molecule has 1 atom stereocenters. The summed E-state index contributed by atoms with van der Waals surface area (Å²) >= 11 is 0. The van der Waals surface area contributed by atoms with Gasteiger partial charge in [-0.05, 0) is 41.7 Å². The largest absolute Gasteiger partial charge is 0.340 e. The van der Waals surface area contributed by atoms with Gasteiger partial charge in [0, 0.05) is 5.92 Å². The molecule has 26 heavy (non-hydrogen) atoms. The van der Waals surface area contributed by atoms with E-state index in [2.05, 4.69) is 5.32 Å². The first kappa shape index (κ1) is 17.9. The van der Waals surface area contributed by atoms with Gasteiger partial charge in [0.05, 0.1) is 0 Å². The molecule has 5 nitrogen and oxygen atoms in total. The molecule has 3 rings (SSSR count). The Hall–Kier alpha value is -2.87. The molecule has 0 heterocycles. The van der Waals surface area contributed by atoms with Crippen molar-refractivity contribution in [3.63, 3.8) is 0 Å². The van der Waals surface area contributed by atoms with Crippen LogP contribution < -0.4 is 10.8 Å². The Balaban J connectivity index is 1.86. The lowest BCUT2D eigenvalue weighted by atomic mass is 10.00. The van der Waals surface area contributed by atoms with E-state index in [-0.39, 0.29) is 17.4 Å². The second kappa shape index (κ2) is 7.17. The Labute approximate surface area is 146 Å². The van der Waals surface area contributed by atoms with E-state index in [1.165, 1.54) is 29.7 Å². The van der Waals surface area contributed by atoms with Crippen molar-refractivity contribution in [2.75, 3.05) is 0 Å². The lowest BCUT2D eigenvalue weighted by molar-refractivity contribution is -0.135. The fourth-order valence-electron chi connectivity index (χ4n) is 2.56. The van der Waals surface area contributed by atoms with E-state index in [1.54, 1.807) is 0 Å². The van der Waals surface area contributed by atoms with Crippen LogP contribution in [0, 0.1) is 23.4 Å². The van der Waals surface area contributed by atoms with Gasteiger partial charge in [0.1, 0.15) is 6.04 Å². The zero-order chi connectivity index (χ0) is 18.8. The molecule has 0 saturated heterocycles. The van der Waals surface area contributed by atoms with Crippen LogP contribution in [0.3, 0.4) is 0 Å². The fourth-order valence-corrected chi connectivity index (χ4v) is 2.56. The molecule has 3 N–H and O–H groups in total. The normalized spacial score (nSPS) is 14.6. The van der Waals surface area contributed by atoms with Crippen LogP contribution in [0.15, 0.2) is 36.4 Å². The number of nitrogens with one attached hydrogen (secondary N) is 2. The van der Waals surface area contributed by atoms with Crippen LogP contribution in [0.25, 0.3) is 11.1 Å². The van der Waals surface area contributed by atoms with Gasteiger partial charge in [-0.3, -0.25) is 14.8 Å². The predicted octanol–water partition coefficient (Wildman–Crippen LogP) is 2.84. The third-order valence-corrected chi connectivity index (χ3v) is 4.17. The van der Waals surface area contributed by atoms with Gasteiger partial charge in [0.25, 0.3) is 5.91 Å². The second-order valence-corrected chi connectivity index (χ2v) is 6.07. The van der Waals surface area contributed by atoms with Crippen LogP contribution in [-0.2, 0) is 9.59 Å². The Morgan fingerprint density at radius 1 is 1.00 bits per heavy atom. The van der Waals surface area contributed by atoms with Crippen LogP contribution in [-0.4, -0.2) is 17.0 Å². The summed E-state index contributed by atoms with van der Waals surface area (Å²) in [6.07, 6.45) is 1.50. The Bertz CT molecular complexity index is 828. The first-order chi connectivity index (χ1) is 12.4. The second-order valence-electron chi connectivity index (χ2n) is 6.07. The zero-order valence-electron chi connectivity index (χ0n) is 13.4. The van der Waals surface area contributed by atoms with E-state index < -0.39 is 29.4 Å². The number of rotatable bonds is 5. The summed E-state index contributed by atoms with van der Waals surface area (Å²) in [4.78, 5) is 23.8.